The molecule has 2 amide bonds. The van der Waals surface area contributed by atoms with Crippen molar-refractivity contribution in [3.8, 4) is 0 Å². The number of thiol groups is 1. The number of allylic oxidation sites excluding steroid dienone is 2. The van der Waals surface area contributed by atoms with E-state index in [2.05, 4.69) is 22.3 Å². The highest BCUT2D eigenvalue weighted by Gasteiger charge is 2.33. The summed E-state index contributed by atoms with van der Waals surface area (Å²) >= 11 is 7.53. The second-order valence-corrected chi connectivity index (χ2v) is 11.7. The van der Waals surface area contributed by atoms with Gasteiger partial charge in [0.15, 0.2) is 0 Å². The zero-order valence-electron chi connectivity index (χ0n) is 17.5. The lowest BCUT2D eigenvalue weighted by Crippen LogP contribution is -2.24. The third-order valence-electron chi connectivity index (χ3n) is 5.66. The molecule has 0 radical (unpaired) electrons. The molecule has 0 saturated carbocycles. The summed E-state index contributed by atoms with van der Waals surface area (Å²) in [5.41, 5.74) is 9.68. The number of halogens is 1. The van der Waals surface area contributed by atoms with E-state index in [1.165, 1.54) is 29.9 Å². The molecule has 1 saturated heterocycles. The minimum atomic E-state index is -1.21. The van der Waals surface area contributed by atoms with E-state index < -0.39 is 22.1 Å². The summed E-state index contributed by atoms with van der Waals surface area (Å²) in [6.07, 6.45) is 5.95. The van der Waals surface area contributed by atoms with Gasteiger partial charge in [0.1, 0.15) is 5.25 Å². The first-order valence-corrected chi connectivity index (χ1v) is 12.9. The van der Waals surface area contributed by atoms with E-state index in [4.69, 9.17) is 17.3 Å². The number of nitrogens with zero attached hydrogens (tertiary/aromatic N) is 1. The number of nitrogens with two attached hydrogens (primary N) is 1. The van der Waals surface area contributed by atoms with Crippen LogP contribution in [0, 0.1) is 13.8 Å². The van der Waals surface area contributed by atoms with Crippen molar-refractivity contribution in [2.24, 2.45) is 5.73 Å². The van der Waals surface area contributed by atoms with Crippen molar-refractivity contribution in [1.82, 2.24) is 0 Å². The van der Waals surface area contributed by atoms with Crippen LogP contribution in [0.15, 0.2) is 46.7 Å². The van der Waals surface area contributed by atoms with Gasteiger partial charge in [0.2, 0.25) is 5.91 Å². The molecule has 0 aliphatic carbocycles. The third-order valence-corrected chi connectivity index (χ3v) is 9.62. The van der Waals surface area contributed by atoms with Crippen molar-refractivity contribution in [3.63, 3.8) is 0 Å². The van der Waals surface area contributed by atoms with Gasteiger partial charge in [-0.15, -0.1) is 11.3 Å². The van der Waals surface area contributed by atoms with Crippen molar-refractivity contribution in [2.45, 2.75) is 31.9 Å². The number of thiophene rings is 1. The summed E-state index contributed by atoms with van der Waals surface area (Å²) in [5.74, 6) is -0.637. The molecule has 2 atom stereocenters. The number of amides is 2. The highest BCUT2D eigenvalue weighted by atomic mass is 35.5. The summed E-state index contributed by atoms with van der Waals surface area (Å²) in [6, 6.07) is 7.92. The standard InChI is InChI=1S/C23H26ClN3O2S2/c1-14-12-16(27-9-3-4-10-27)13-15(2)20(14)26-23(29)21(17-7-8-19(24)30-17)31-11-5-6-18(31)22(25)28/h5-8,11-13,21,31H,3-4,9-10H2,1-2H3,(H2,25,28)(H,26,29). The first kappa shape index (κ1) is 22.0. The molecule has 1 aromatic heterocycles. The Labute approximate surface area is 194 Å². The lowest BCUT2D eigenvalue weighted by Gasteiger charge is -2.27. The largest absolute Gasteiger partial charge is 0.372 e. The zero-order valence-corrected chi connectivity index (χ0v) is 20.0. The Morgan fingerprint density at radius 3 is 2.45 bits per heavy atom. The van der Waals surface area contributed by atoms with E-state index in [0.29, 0.717) is 9.24 Å². The Morgan fingerprint density at radius 1 is 1.19 bits per heavy atom. The molecule has 2 aliphatic heterocycles. The highest BCUT2D eigenvalue weighted by molar-refractivity contribution is 8.24. The van der Waals surface area contributed by atoms with Gasteiger partial charge in [0, 0.05) is 29.3 Å². The number of rotatable bonds is 6. The van der Waals surface area contributed by atoms with Crippen LogP contribution >= 0.6 is 33.8 Å². The van der Waals surface area contributed by atoms with Crippen molar-refractivity contribution >= 4 is 57.0 Å². The minimum Gasteiger partial charge on any atom is -0.372 e. The van der Waals surface area contributed by atoms with Gasteiger partial charge in [0.25, 0.3) is 5.91 Å². The smallest absolute Gasteiger partial charge is 0.253 e. The Balaban J connectivity index is 1.64. The normalized spacial score (nSPS) is 20.0. The summed E-state index contributed by atoms with van der Waals surface area (Å²) in [7, 11) is -1.21. The molecule has 1 aromatic carbocycles. The van der Waals surface area contributed by atoms with Crippen LogP contribution < -0.4 is 16.0 Å². The fourth-order valence-corrected chi connectivity index (χ4v) is 7.80. The molecular formula is C23H26ClN3O2S2. The van der Waals surface area contributed by atoms with Crippen LogP contribution in [0.2, 0.25) is 4.34 Å². The van der Waals surface area contributed by atoms with Gasteiger partial charge in [0.05, 0.1) is 9.24 Å². The maximum atomic E-state index is 13.6. The molecule has 1 fully saturated rings. The van der Waals surface area contributed by atoms with Crippen LogP contribution in [-0.2, 0) is 9.59 Å². The molecule has 164 valence electrons. The Kier molecular flexibility index (Phi) is 6.46. The minimum absolute atomic E-state index is 0.150. The highest BCUT2D eigenvalue weighted by Crippen LogP contribution is 2.55. The maximum absolute atomic E-state index is 13.6. The van der Waals surface area contributed by atoms with Crippen LogP contribution in [-0.4, -0.2) is 24.9 Å². The van der Waals surface area contributed by atoms with Crippen LogP contribution in [0.4, 0.5) is 11.4 Å². The van der Waals surface area contributed by atoms with Gasteiger partial charge in [-0.25, -0.2) is 0 Å². The fourth-order valence-electron chi connectivity index (χ4n) is 4.18. The van der Waals surface area contributed by atoms with Crippen LogP contribution in [0.1, 0.15) is 34.1 Å². The third kappa shape index (κ3) is 4.54. The van der Waals surface area contributed by atoms with Gasteiger partial charge in [-0.1, -0.05) is 17.7 Å². The van der Waals surface area contributed by atoms with Gasteiger partial charge >= 0.3 is 0 Å². The number of aryl methyl sites for hydroxylation is 2. The number of benzene rings is 1. The molecule has 31 heavy (non-hydrogen) atoms. The molecule has 2 aliphatic rings. The average Bonchev–Trinajstić information content (AvgIpc) is 3.47. The van der Waals surface area contributed by atoms with Crippen molar-refractivity contribution in [1.29, 1.82) is 0 Å². The van der Waals surface area contributed by atoms with E-state index in [0.717, 1.165) is 34.8 Å². The van der Waals surface area contributed by atoms with Crippen LogP contribution in [0.3, 0.4) is 0 Å². The molecule has 0 bridgehead atoms. The molecule has 3 N–H and O–H groups in total. The molecule has 2 aromatic rings. The second-order valence-electron chi connectivity index (χ2n) is 7.85. The number of primary amides is 1. The van der Waals surface area contributed by atoms with Crippen molar-refractivity contribution < 1.29 is 9.59 Å². The lowest BCUT2D eigenvalue weighted by molar-refractivity contribution is -0.115. The second kappa shape index (κ2) is 9.10. The van der Waals surface area contributed by atoms with E-state index in [1.807, 2.05) is 31.4 Å². The van der Waals surface area contributed by atoms with Crippen molar-refractivity contribution in [3.05, 3.63) is 67.1 Å². The van der Waals surface area contributed by atoms with Crippen LogP contribution in [0.25, 0.3) is 0 Å². The Morgan fingerprint density at radius 2 is 1.87 bits per heavy atom. The molecule has 0 spiro atoms. The van der Waals surface area contributed by atoms with Crippen LogP contribution in [0.5, 0.6) is 0 Å². The Hall–Kier alpha value is -2.22. The summed E-state index contributed by atoms with van der Waals surface area (Å²) in [5, 5.41) is 4.54. The zero-order chi connectivity index (χ0) is 22.1. The first-order chi connectivity index (χ1) is 14.8. The number of anilines is 2. The molecular weight excluding hydrogens is 450 g/mol. The van der Waals surface area contributed by atoms with Crippen molar-refractivity contribution in [2.75, 3.05) is 23.3 Å². The van der Waals surface area contributed by atoms with E-state index >= 15 is 0 Å². The van der Waals surface area contributed by atoms with Gasteiger partial charge in [-0.2, -0.15) is 10.9 Å². The summed E-state index contributed by atoms with van der Waals surface area (Å²) < 4.78 is 0.609. The number of carbonyl (C=O) groups is 2. The Bertz CT molecular complexity index is 1060. The van der Waals surface area contributed by atoms with Gasteiger partial charge in [-0.05, 0) is 73.6 Å². The summed E-state index contributed by atoms with van der Waals surface area (Å²) in [4.78, 5) is 29.3. The van der Waals surface area contributed by atoms with Gasteiger partial charge < -0.3 is 16.0 Å². The van der Waals surface area contributed by atoms with E-state index in [-0.39, 0.29) is 5.91 Å². The van der Waals surface area contributed by atoms with E-state index in [9.17, 15) is 9.59 Å². The number of nitrogens with one attached hydrogen (secondary N) is 1. The molecule has 8 heteroatoms. The molecule has 3 heterocycles. The predicted octanol–water partition coefficient (Wildman–Crippen LogP) is 5.20. The SMILES string of the molecule is Cc1cc(N2CCCC2)cc(C)c1NC(=O)C(c1ccc(Cl)s1)[SH]1C=CC=C1C(N)=O. The quantitative estimate of drug-likeness (QED) is 0.503. The molecule has 5 nitrogen and oxygen atoms in total. The maximum Gasteiger partial charge on any atom is 0.253 e. The molecule has 4 rings (SSSR count). The number of carbonyl (C=O) groups excluding carboxylic acids is 2. The van der Waals surface area contributed by atoms with Gasteiger partial charge in [-0.3, -0.25) is 9.59 Å². The monoisotopic (exact) mass is 475 g/mol. The first-order valence-electron chi connectivity index (χ1n) is 10.2. The van der Waals surface area contributed by atoms with E-state index in [1.54, 1.807) is 12.1 Å². The number of hydrogen-bond donors (Lipinski definition) is 3. The fraction of sp³-hybridized carbons (Fsp3) is 0.304. The molecule has 2 unspecified atom stereocenters. The lowest BCUT2D eigenvalue weighted by atomic mass is 10.1. The number of hydrogen-bond acceptors (Lipinski definition) is 4. The predicted molar refractivity (Wildman–Crippen MR) is 133 cm³/mol. The topological polar surface area (TPSA) is 75.4 Å². The average molecular weight is 476 g/mol. The summed E-state index contributed by atoms with van der Waals surface area (Å²) in [6.45, 7) is 6.19.